The summed E-state index contributed by atoms with van der Waals surface area (Å²) in [5.41, 5.74) is 0. The Morgan fingerprint density at radius 2 is 0.905 bits per heavy atom. The van der Waals surface area contributed by atoms with Crippen LogP contribution in [0.3, 0.4) is 0 Å². The van der Waals surface area contributed by atoms with E-state index in [0.29, 0.717) is 6.42 Å². The van der Waals surface area contributed by atoms with E-state index in [1.165, 1.54) is 180 Å². The monoisotopic (exact) mass is 892 g/mol. The zero-order valence-electron chi connectivity index (χ0n) is 40.8. The predicted molar refractivity (Wildman–Crippen MR) is 263 cm³/mol. The average Bonchev–Trinajstić information content (AvgIpc) is 3.28. The van der Waals surface area contributed by atoms with Crippen molar-refractivity contribution < 1.29 is 39.8 Å². The molecular weight excluding hydrogens is 791 g/mol. The third-order valence-electron chi connectivity index (χ3n) is 12.7. The normalized spacial score (nSPS) is 20.4. The first kappa shape index (κ1) is 59.4. The van der Waals surface area contributed by atoms with Crippen LogP contribution in [0.15, 0.2) is 36.5 Å². The Bertz CT molecular complexity index is 1080. The summed E-state index contributed by atoms with van der Waals surface area (Å²) in [4.78, 5) is 13.0. The lowest BCUT2D eigenvalue weighted by Crippen LogP contribution is -2.60. The highest BCUT2D eigenvalue weighted by Gasteiger charge is 2.44. The molecule has 0 spiro atoms. The summed E-state index contributed by atoms with van der Waals surface area (Å²) in [5.74, 6) is -0.189. The number of unbranched alkanes of at least 4 members (excludes halogenated alkanes) is 31. The molecule has 1 fully saturated rings. The van der Waals surface area contributed by atoms with Gasteiger partial charge in [0.05, 0.1) is 25.4 Å². The number of carbonyl (C=O) groups is 1. The summed E-state index contributed by atoms with van der Waals surface area (Å²) < 4.78 is 11.2. The molecule has 1 amide bonds. The van der Waals surface area contributed by atoms with Gasteiger partial charge in [-0.1, -0.05) is 230 Å². The molecule has 1 saturated heterocycles. The molecule has 0 aromatic heterocycles. The fraction of sp³-hybridized carbons (Fsp3) is 0.870. The Kier molecular flexibility index (Phi) is 41.7. The molecule has 0 aromatic carbocycles. The molecule has 370 valence electrons. The molecule has 1 aliphatic heterocycles. The summed E-state index contributed by atoms with van der Waals surface area (Å²) >= 11 is 0. The van der Waals surface area contributed by atoms with Gasteiger partial charge in [0.2, 0.25) is 5.91 Å². The first-order valence-electron chi connectivity index (χ1n) is 26.7. The van der Waals surface area contributed by atoms with Crippen molar-refractivity contribution in [1.82, 2.24) is 5.32 Å². The van der Waals surface area contributed by atoms with Gasteiger partial charge in [0, 0.05) is 6.42 Å². The third-order valence-corrected chi connectivity index (χ3v) is 12.7. The van der Waals surface area contributed by atoms with E-state index in [1.807, 2.05) is 6.08 Å². The lowest BCUT2D eigenvalue weighted by Gasteiger charge is -2.40. The largest absolute Gasteiger partial charge is 0.394 e. The summed E-state index contributed by atoms with van der Waals surface area (Å²) in [5, 5.41) is 54.3. The highest BCUT2D eigenvalue weighted by atomic mass is 16.7. The molecule has 7 atom stereocenters. The second-order valence-corrected chi connectivity index (χ2v) is 18.7. The Morgan fingerprint density at radius 3 is 1.33 bits per heavy atom. The van der Waals surface area contributed by atoms with Crippen LogP contribution in [-0.4, -0.2) is 87.5 Å². The van der Waals surface area contributed by atoms with Gasteiger partial charge >= 0.3 is 0 Å². The summed E-state index contributed by atoms with van der Waals surface area (Å²) in [7, 11) is 0. The maximum absolute atomic E-state index is 13.0. The van der Waals surface area contributed by atoms with Crippen molar-refractivity contribution in [3.05, 3.63) is 36.5 Å². The number of amides is 1. The van der Waals surface area contributed by atoms with E-state index in [4.69, 9.17) is 9.47 Å². The molecular formula is C54H101NO8. The Balaban J connectivity index is 2.28. The number of allylic oxidation sites excluding steroid dienone is 5. The summed E-state index contributed by atoms with van der Waals surface area (Å²) in [6, 6.07) is -0.825. The van der Waals surface area contributed by atoms with Crippen LogP contribution in [0.2, 0.25) is 0 Å². The molecule has 1 rings (SSSR count). The predicted octanol–water partition coefficient (Wildman–Crippen LogP) is 12.4. The van der Waals surface area contributed by atoms with Crippen LogP contribution in [0, 0.1) is 0 Å². The minimum absolute atomic E-state index is 0.189. The lowest BCUT2D eigenvalue weighted by atomic mass is 9.99. The van der Waals surface area contributed by atoms with Crippen LogP contribution < -0.4 is 5.32 Å². The van der Waals surface area contributed by atoms with Gasteiger partial charge in [0.1, 0.15) is 24.4 Å². The van der Waals surface area contributed by atoms with Gasteiger partial charge in [0.25, 0.3) is 0 Å². The van der Waals surface area contributed by atoms with Crippen LogP contribution in [0.4, 0.5) is 0 Å². The topological polar surface area (TPSA) is 149 Å². The second-order valence-electron chi connectivity index (χ2n) is 18.7. The lowest BCUT2D eigenvalue weighted by molar-refractivity contribution is -0.302. The molecule has 7 unspecified atom stereocenters. The summed E-state index contributed by atoms with van der Waals surface area (Å²) in [6.45, 7) is 3.77. The Morgan fingerprint density at radius 1 is 0.524 bits per heavy atom. The smallest absolute Gasteiger partial charge is 0.220 e. The van der Waals surface area contributed by atoms with Gasteiger partial charge in [-0.25, -0.2) is 0 Å². The van der Waals surface area contributed by atoms with Crippen LogP contribution >= 0.6 is 0 Å². The zero-order valence-corrected chi connectivity index (χ0v) is 40.8. The average molecular weight is 892 g/mol. The maximum atomic E-state index is 13.0. The first-order valence-corrected chi connectivity index (χ1v) is 26.7. The molecule has 0 saturated carbocycles. The van der Waals surface area contributed by atoms with Crippen molar-refractivity contribution >= 4 is 5.91 Å². The first-order chi connectivity index (χ1) is 30.8. The van der Waals surface area contributed by atoms with Gasteiger partial charge in [-0.3, -0.25) is 4.79 Å². The van der Waals surface area contributed by atoms with Crippen molar-refractivity contribution in [3.8, 4) is 0 Å². The number of hydrogen-bond donors (Lipinski definition) is 6. The number of aliphatic hydroxyl groups is 5. The fourth-order valence-corrected chi connectivity index (χ4v) is 8.42. The standard InChI is InChI=1S/C54H101NO8/c1-3-5-7-9-11-13-15-17-19-20-21-22-23-24-25-26-27-28-29-30-31-33-35-37-39-41-43-48(57)47(46-62-54-53(61)52(60)51(59)49(45-56)63-54)55-50(58)44-42-40-38-36-34-32-18-16-14-12-10-8-6-4-2/h28-29,33,35,41,43,47-49,51-54,56-57,59-61H,3-27,30-32,34,36-40,42,44-46H2,1-2H3,(H,55,58)/b29-28+,35-33+,43-41+. The minimum atomic E-state index is -1.57. The number of ether oxygens (including phenoxy) is 2. The van der Waals surface area contributed by atoms with Gasteiger partial charge in [-0.2, -0.15) is 0 Å². The number of rotatable bonds is 45. The van der Waals surface area contributed by atoms with Crippen LogP contribution in [0.1, 0.15) is 245 Å². The van der Waals surface area contributed by atoms with Crippen LogP contribution in [-0.2, 0) is 14.3 Å². The molecule has 0 radical (unpaired) electrons. The zero-order chi connectivity index (χ0) is 45.9. The van der Waals surface area contributed by atoms with Crippen molar-refractivity contribution in [3.63, 3.8) is 0 Å². The second kappa shape index (κ2) is 44.3. The number of nitrogens with one attached hydrogen (secondary N) is 1. The summed E-state index contributed by atoms with van der Waals surface area (Å²) in [6.07, 6.45) is 49.2. The third kappa shape index (κ3) is 34.4. The number of carbonyl (C=O) groups excluding carboxylic acids is 1. The number of hydrogen-bond acceptors (Lipinski definition) is 8. The van der Waals surface area contributed by atoms with Crippen molar-refractivity contribution in [2.24, 2.45) is 0 Å². The Labute approximate surface area is 387 Å². The molecule has 63 heavy (non-hydrogen) atoms. The molecule has 6 N–H and O–H groups in total. The molecule has 9 nitrogen and oxygen atoms in total. The minimum Gasteiger partial charge on any atom is -0.394 e. The molecule has 1 aliphatic rings. The van der Waals surface area contributed by atoms with E-state index in [2.05, 4.69) is 43.5 Å². The van der Waals surface area contributed by atoms with E-state index < -0.39 is 49.5 Å². The molecule has 0 aromatic rings. The van der Waals surface area contributed by atoms with Crippen molar-refractivity contribution in [1.29, 1.82) is 0 Å². The highest BCUT2D eigenvalue weighted by Crippen LogP contribution is 2.23. The van der Waals surface area contributed by atoms with E-state index in [9.17, 15) is 30.3 Å². The maximum Gasteiger partial charge on any atom is 0.220 e. The van der Waals surface area contributed by atoms with Gasteiger partial charge < -0.3 is 40.3 Å². The molecule has 9 heteroatoms. The van der Waals surface area contributed by atoms with Crippen LogP contribution in [0.5, 0.6) is 0 Å². The van der Waals surface area contributed by atoms with Crippen molar-refractivity contribution in [2.45, 2.75) is 288 Å². The SMILES string of the molecule is CCCCCCCCCCCCCCCCCC/C=C/CC/C=C/CC/C=C/C(O)C(COC1OC(CO)C(O)C(O)C1O)NC(=O)CCCCCCCCCCCCCCCC. The molecule has 0 bridgehead atoms. The van der Waals surface area contributed by atoms with Gasteiger partial charge in [-0.05, 0) is 44.9 Å². The fourth-order valence-electron chi connectivity index (χ4n) is 8.42. The Hall–Kier alpha value is -1.59. The molecule has 0 aliphatic carbocycles. The van der Waals surface area contributed by atoms with Crippen LogP contribution in [0.25, 0.3) is 0 Å². The molecule has 1 heterocycles. The van der Waals surface area contributed by atoms with Gasteiger partial charge in [-0.15, -0.1) is 0 Å². The van der Waals surface area contributed by atoms with E-state index in [-0.39, 0.29) is 12.5 Å². The van der Waals surface area contributed by atoms with Crippen molar-refractivity contribution in [2.75, 3.05) is 13.2 Å². The van der Waals surface area contributed by atoms with E-state index in [1.54, 1.807) is 6.08 Å². The van der Waals surface area contributed by atoms with Gasteiger partial charge in [0.15, 0.2) is 6.29 Å². The van der Waals surface area contributed by atoms with E-state index in [0.717, 1.165) is 44.9 Å². The quantitative estimate of drug-likeness (QED) is 0.0261. The van der Waals surface area contributed by atoms with E-state index >= 15 is 0 Å². The highest BCUT2D eigenvalue weighted by molar-refractivity contribution is 5.76. The number of aliphatic hydroxyl groups excluding tert-OH is 5.